The molecule has 212 valence electrons. The zero-order valence-corrected chi connectivity index (χ0v) is 22.8. The van der Waals surface area contributed by atoms with Gasteiger partial charge in [0.1, 0.15) is 16.5 Å². The first-order chi connectivity index (χ1) is 19.2. The molecule has 2 fully saturated rings. The number of pyridine rings is 1. The van der Waals surface area contributed by atoms with Gasteiger partial charge in [0.25, 0.3) is 5.91 Å². The zero-order valence-electron chi connectivity index (χ0n) is 21.9. The van der Waals surface area contributed by atoms with Crippen LogP contribution in [0.3, 0.4) is 0 Å². The number of hydrogen-bond donors (Lipinski definition) is 2. The van der Waals surface area contributed by atoms with Crippen LogP contribution in [-0.2, 0) is 16.4 Å². The summed E-state index contributed by atoms with van der Waals surface area (Å²) in [4.78, 5) is 27.0. The first kappa shape index (κ1) is 28.0. The van der Waals surface area contributed by atoms with Crippen molar-refractivity contribution in [1.29, 1.82) is 0 Å². The fourth-order valence-corrected chi connectivity index (χ4v) is 6.66. The van der Waals surface area contributed by atoms with Crippen LogP contribution in [0, 0.1) is 11.6 Å². The SMILES string of the molecule is Nc1ncc(-c2cc(F)c(S(=O)(=O)N3CCCC3)cc2F)nc1C(=O)Nc1cncc(CCCN2CCCC2)c1. The van der Waals surface area contributed by atoms with E-state index in [1.807, 2.05) is 6.07 Å². The lowest BCUT2D eigenvalue weighted by atomic mass is 10.1. The van der Waals surface area contributed by atoms with E-state index < -0.39 is 32.5 Å². The van der Waals surface area contributed by atoms with Crippen LogP contribution < -0.4 is 11.1 Å². The number of amides is 1. The lowest BCUT2D eigenvalue weighted by Crippen LogP contribution is -2.28. The molecular weight excluding hydrogens is 540 g/mol. The molecule has 10 nitrogen and oxygen atoms in total. The Labute approximate surface area is 231 Å². The molecule has 0 atom stereocenters. The van der Waals surface area contributed by atoms with Gasteiger partial charge < -0.3 is 16.0 Å². The highest BCUT2D eigenvalue weighted by Gasteiger charge is 2.31. The van der Waals surface area contributed by atoms with Crippen LogP contribution in [0.4, 0.5) is 20.3 Å². The van der Waals surface area contributed by atoms with Crippen molar-refractivity contribution in [3.63, 3.8) is 0 Å². The van der Waals surface area contributed by atoms with Crippen LogP contribution >= 0.6 is 0 Å². The molecule has 2 aliphatic rings. The topological polar surface area (TPSA) is 134 Å². The number of likely N-dealkylation sites (tertiary alicyclic amines) is 1. The van der Waals surface area contributed by atoms with E-state index in [1.54, 1.807) is 6.20 Å². The lowest BCUT2D eigenvalue weighted by Gasteiger charge is -2.17. The van der Waals surface area contributed by atoms with Crippen LogP contribution in [0.1, 0.15) is 48.2 Å². The van der Waals surface area contributed by atoms with Crippen molar-refractivity contribution in [2.45, 2.75) is 43.4 Å². The van der Waals surface area contributed by atoms with E-state index >= 15 is 4.39 Å². The molecule has 4 heterocycles. The van der Waals surface area contributed by atoms with Gasteiger partial charge in [0.2, 0.25) is 10.0 Å². The Bertz CT molecular complexity index is 1510. The highest BCUT2D eigenvalue weighted by Crippen LogP contribution is 2.30. The first-order valence-electron chi connectivity index (χ1n) is 13.3. The Balaban J connectivity index is 1.32. The fourth-order valence-electron chi connectivity index (χ4n) is 5.08. The van der Waals surface area contributed by atoms with Gasteiger partial charge in [0.15, 0.2) is 11.5 Å². The van der Waals surface area contributed by atoms with Gasteiger partial charge in [-0.3, -0.25) is 9.78 Å². The number of nitrogens with zero attached hydrogens (tertiary/aromatic N) is 5. The summed E-state index contributed by atoms with van der Waals surface area (Å²) in [5.74, 6) is -3.04. The molecule has 5 rings (SSSR count). The van der Waals surface area contributed by atoms with E-state index in [0.717, 1.165) is 54.6 Å². The Morgan fingerprint density at radius 1 is 0.975 bits per heavy atom. The third kappa shape index (κ3) is 6.11. The van der Waals surface area contributed by atoms with Crippen molar-refractivity contribution >= 4 is 27.4 Å². The third-order valence-electron chi connectivity index (χ3n) is 7.19. The first-order valence-corrected chi connectivity index (χ1v) is 14.8. The molecule has 2 aliphatic heterocycles. The number of nitrogen functional groups attached to an aromatic ring is 1. The van der Waals surface area contributed by atoms with Gasteiger partial charge in [-0.25, -0.2) is 27.2 Å². The van der Waals surface area contributed by atoms with E-state index in [9.17, 15) is 17.6 Å². The maximum Gasteiger partial charge on any atom is 0.278 e. The molecular formula is C27H31F2N7O3S. The molecule has 40 heavy (non-hydrogen) atoms. The highest BCUT2D eigenvalue weighted by molar-refractivity contribution is 7.89. The quantitative estimate of drug-likeness (QED) is 0.399. The Kier molecular flexibility index (Phi) is 8.33. The minimum Gasteiger partial charge on any atom is -0.382 e. The van der Waals surface area contributed by atoms with Crippen molar-refractivity contribution in [3.05, 3.63) is 59.7 Å². The molecule has 0 saturated carbocycles. The largest absolute Gasteiger partial charge is 0.382 e. The summed E-state index contributed by atoms with van der Waals surface area (Å²) in [6.45, 7) is 3.79. The van der Waals surface area contributed by atoms with Gasteiger partial charge in [0, 0.05) is 24.8 Å². The number of carbonyl (C=O) groups excluding carboxylic acids is 1. The van der Waals surface area contributed by atoms with Gasteiger partial charge in [-0.1, -0.05) is 0 Å². The number of aromatic nitrogens is 3. The molecule has 0 bridgehead atoms. The third-order valence-corrected chi connectivity index (χ3v) is 9.10. The summed E-state index contributed by atoms with van der Waals surface area (Å²) in [6, 6.07) is 3.20. The molecule has 0 spiro atoms. The van der Waals surface area contributed by atoms with Gasteiger partial charge >= 0.3 is 0 Å². The van der Waals surface area contributed by atoms with Gasteiger partial charge in [-0.2, -0.15) is 4.31 Å². The molecule has 3 aromatic rings. The predicted octanol–water partition coefficient (Wildman–Crippen LogP) is 3.46. The van der Waals surface area contributed by atoms with Crippen LogP contribution in [0.25, 0.3) is 11.3 Å². The number of hydrogen-bond acceptors (Lipinski definition) is 8. The molecule has 1 amide bonds. The Morgan fingerprint density at radius 2 is 1.70 bits per heavy atom. The van der Waals surface area contributed by atoms with Gasteiger partial charge in [-0.05, 0) is 81.9 Å². The number of anilines is 2. The molecule has 0 aliphatic carbocycles. The number of rotatable bonds is 9. The van der Waals surface area contributed by atoms with Gasteiger partial charge in [0.05, 0.1) is 23.8 Å². The molecule has 2 saturated heterocycles. The van der Waals surface area contributed by atoms with Crippen molar-refractivity contribution in [2.24, 2.45) is 0 Å². The number of aryl methyl sites for hydroxylation is 1. The summed E-state index contributed by atoms with van der Waals surface area (Å²) in [6.07, 6.45) is 9.91. The summed E-state index contributed by atoms with van der Waals surface area (Å²) in [5.41, 5.74) is 6.48. The molecule has 3 N–H and O–H groups in total. The van der Waals surface area contributed by atoms with Crippen molar-refractivity contribution < 1.29 is 22.0 Å². The lowest BCUT2D eigenvalue weighted by molar-refractivity contribution is 0.102. The maximum atomic E-state index is 15.1. The van der Waals surface area contributed by atoms with E-state index in [4.69, 9.17) is 5.73 Å². The number of benzene rings is 1. The summed E-state index contributed by atoms with van der Waals surface area (Å²) < 4.78 is 56.7. The molecule has 1 aromatic carbocycles. The average molecular weight is 572 g/mol. The maximum absolute atomic E-state index is 15.1. The predicted molar refractivity (Wildman–Crippen MR) is 146 cm³/mol. The van der Waals surface area contributed by atoms with Crippen molar-refractivity contribution in [2.75, 3.05) is 43.8 Å². The van der Waals surface area contributed by atoms with Crippen LogP contribution in [0.15, 0.2) is 41.7 Å². The number of carbonyl (C=O) groups is 1. The van der Waals surface area contributed by atoms with Crippen molar-refractivity contribution in [3.8, 4) is 11.3 Å². The summed E-state index contributed by atoms with van der Waals surface area (Å²) in [5, 5.41) is 2.69. The fraction of sp³-hybridized carbons (Fsp3) is 0.407. The van der Waals surface area contributed by atoms with E-state index in [-0.39, 0.29) is 35.9 Å². The normalized spacial score (nSPS) is 16.4. The van der Waals surface area contributed by atoms with E-state index in [1.165, 1.54) is 19.0 Å². The van der Waals surface area contributed by atoms with Crippen LogP contribution in [0.5, 0.6) is 0 Å². The summed E-state index contributed by atoms with van der Waals surface area (Å²) in [7, 11) is -4.18. The second-order valence-electron chi connectivity index (χ2n) is 10.1. The summed E-state index contributed by atoms with van der Waals surface area (Å²) >= 11 is 0. The standard InChI is InChI=1S/C27H31F2N7O3S/c28-21-14-24(40(38,39)36-10-3-4-11-36)22(29)13-20(21)23-17-32-26(30)25(34-23)27(37)33-19-12-18(15-31-16-19)6-5-9-35-7-1-2-8-35/h12-17H,1-11H2,(H2,30,32)(H,33,37). The number of halogens is 2. The second kappa shape index (κ2) is 11.9. The highest BCUT2D eigenvalue weighted by atomic mass is 32.2. The minimum atomic E-state index is -4.18. The monoisotopic (exact) mass is 571 g/mol. The van der Waals surface area contributed by atoms with Crippen LogP contribution in [0.2, 0.25) is 0 Å². The minimum absolute atomic E-state index is 0.172. The van der Waals surface area contributed by atoms with Crippen LogP contribution in [-0.4, -0.2) is 71.2 Å². The second-order valence-corrected chi connectivity index (χ2v) is 12.0. The zero-order chi connectivity index (χ0) is 28.3. The number of sulfonamides is 1. The van der Waals surface area contributed by atoms with Crippen molar-refractivity contribution in [1.82, 2.24) is 24.2 Å². The number of nitrogens with one attached hydrogen (secondary N) is 1. The Hall–Kier alpha value is -3.55. The van der Waals surface area contributed by atoms with E-state index in [0.29, 0.717) is 24.6 Å². The molecule has 0 unspecified atom stereocenters. The number of nitrogens with two attached hydrogens (primary N) is 1. The molecule has 13 heteroatoms. The van der Waals surface area contributed by atoms with E-state index in [2.05, 4.69) is 25.2 Å². The average Bonchev–Trinajstić information content (AvgIpc) is 3.66. The smallest absolute Gasteiger partial charge is 0.278 e. The molecule has 0 radical (unpaired) electrons. The van der Waals surface area contributed by atoms with Gasteiger partial charge in [-0.15, -0.1) is 0 Å². The molecule has 2 aromatic heterocycles. The Morgan fingerprint density at radius 3 is 2.45 bits per heavy atom.